The minimum Gasteiger partial charge on any atom is -0.372 e. The maximum Gasteiger partial charge on any atom is 0.160 e. The summed E-state index contributed by atoms with van der Waals surface area (Å²) in [5.74, 6) is 1.42. The van der Waals surface area contributed by atoms with Crippen molar-refractivity contribution in [3.05, 3.63) is 24.2 Å². The van der Waals surface area contributed by atoms with E-state index < -0.39 is 0 Å². The predicted octanol–water partition coefficient (Wildman–Crippen LogP) is 4.79. The van der Waals surface area contributed by atoms with E-state index in [9.17, 15) is 4.79 Å². The van der Waals surface area contributed by atoms with Crippen LogP contribution in [-0.2, 0) is 16.0 Å². The van der Waals surface area contributed by atoms with E-state index in [1.807, 2.05) is 18.3 Å². The van der Waals surface area contributed by atoms with Crippen molar-refractivity contribution >= 4 is 16.9 Å². The van der Waals surface area contributed by atoms with Crippen LogP contribution in [0.2, 0.25) is 0 Å². The Morgan fingerprint density at radius 3 is 2.89 bits per heavy atom. The number of aromatic nitrogens is 3. The molecule has 0 aromatic carbocycles. The van der Waals surface area contributed by atoms with Crippen LogP contribution in [0, 0.1) is 0 Å². The van der Waals surface area contributed by atoms with Crippen LogP contribution >= 0.6 is 0 Å². The normalized spacial score (nSPS) is 22.7. The van der Waals surface area contributed by atoms with Crippen molar-refractivity contribution in [1.29, 1.82) is 0 Å². The molecular formula is C22H31N3O2. The van der Waals surface area contributed by atoms with E-state index in [0.717, 1.165) is 49.1 Å². The molecule has 0 N–H and O–H groups in total. The van der Waals surface area contributed by atoms with Crippen molar-refractivity contribution in [1.82, 2.24) is 14.5 Å². The zero-order chi connectivity index (χ0) is 18.9. The highest BCUT2D eigenvalue weighted by molar-refractivity contribution is 5.79. The van der Waals surface area contributed by atoms with Gasteiger partial charge in [-0.3, -0.25) is 4.79 Å². The van der Waals surface area contributed by atoms with E-state index >= 15 is 0 Å². The van der Waals surface area contributed by atoms with Crippen LogP contribution in [0.3, 0.4) is 0 Å². The molecule has 0 unspecified atom stereocenters. The molecule has 0 bridgehead atoms. The third-order valence-electron chi connectivity index (χ3n) is 6.06. The quantitative estimate of drug-likeness (QED) is 0.704. The number of rotatable bonds is 7. The Labute approximate surface area is 161 Å². The van der Waals surface area contributed by atoms with Crippen LogP contribution in [0.4, 0.5) is 0 Å². The summed E-state index contributed by atoms with van der Waals surface area (Å²) in [6.45, 7) is 4.26. The number of fused-ring (bicyclic) bond motifs is 1. The van der Waals surface area contributed by atoms with Crippen LogP contribution in [-0.4, -0.2) is 32.0 Å². The zero-order valence-corrected chi connectivity index (χ0v) is 16.6. The summed E-state index contributed by atoms with van der Waals surface area (Å²) in [6.07, 6.45) is 11.8. The first-order chi connectivity index (χ1) is 13.0. The Morgan fingerprint density at radius 2 is 2.15 bits per heavy atom. The van der Waals surface area contributed by atoms with Gasteiger partial charge in [-0.25, -0.2) is 9.97 Å². The number of pyridine rings is 1. The second-order valence-corrected chi connectivity index (χ2v) is 8.82. The number of carbonyl (C=O) groups excluding carboxylic acids is 1. The van der Waals surface area contributed by atoms with E-state index in [4.69, 9.17) is 9.72 Å². The van der Waals surface area contributed by atoms with Crippen LogP contribution in [0.25, 0.3) is 11.2 Å². The van der Waals surface area contributed by atoms with Crippen molar-refractivity contribution in [3.63, 3.8) is 0 Å². The topological polar surface area (TPSA) is 57.0 Å². The van der Waals surface area contributed by atoms with E-state index in [2.05, 4.69) is 23.4 Å². The number of carbonyl (C=O) groups is 1. The first kappa shape index (κ1) is 18.6. The van der Waals surface area contributed by atoms with Gasteiger partial charge in [0.25, 0.3) is 0 Å². The van der Waals surface area contributed by atoms with Crippen molar-refractivity contribution in [3.8, 4) is 0 Å². The molecule has 1 aliphatic carbocycles. The van der Waals surface area contributed by atoms with Gasteiger partial charge in [-0.15, -0.1) is 0 Å². The number of aryl methyl sites for hydroxylation is 1. The highest BCUT2D eigenvalue weighted by atomic mass is 16.5. The van der Waals surface area contributed by atoms with E-state index in [1.165, 1.54) is 19.3 Å². The molecule has 2 aromatic rings. The number of imidazole rings is 1. The molecule has 2 fully saturated rings. The van der Waals surface area contributed by atoms with Gasteiger partial charge in [0, 0.05) is 31.5 Å². The fourth-order valence-corrected chi connectivity index (χ4v) is 4.45. The molecule has 0 spiro atoms. The second-order valence-electron chi connectivity index (χ2n) is 8.82. The molecule has 2 aliphatic rings. The van der Waals surface area contributed by atoms with E-state index in [1.54, 1.807) is 0 Å². The number of nitrogens with zero attached hydrogens (tertiary/aromatic N) is 3. The van der Waals surface area contributed by atoms with Gasteiger partial charge in [0.05, 0.1) is 11.7 Å². The molecule has 1 aliphatic heterocycles. The number of hydrogen-bond donors (Lipinski definition) is 0. The largest absolute Gasteiger partial charge is 0.372 e. The summed E-state index contributed by atoms with van der Waals surface area (Å²) in [6, 6.07) is 4.52. The molecule has 0 amide bonds. The van der Waals surface area contributed by atoms with Gasteiger partial charge in [0.1, 0.15) is 17.1 Å². The lowest BCUT2D eigenvalue weighted by Crippen LogP contribution is -2.36. The highest BCUT2D eigenvalue weighted by Gasteiger charge is 2.29. The monoisotopic (exact) mass is 369 g/mol. The van der Waals surface area contributed by atoms with Gasteiger partial charge < -0.3 is 9.30 Å². The van der Waals surface area contributed by atoms with Gasteiger partial charge >= 0.3 is 0 Å². The molecule has 3 heterocycles. The van der Waals surface area contributed by atoms with Gasteiger partial charge in [0.15, 0.2) is 5.65 Å². The smallest absolute Gasteiger partial charge is 0.160 e. The summed E-state index contributed by atoms with van der Waals surface area (Å²) in [5.41, 5.74) is 1.90. The highest BCUT2D eigenvalue weighted by Crippen LogP contribution is 2.35. The fourth-order valence-electron chi connectivity index (χ4n) is 4.45. The van der Waals surface area contributed by atoms with E-state index in [-0.39, 0.29) is 11.7 Å². The van der Waals surface area contributed by atoms with Crippen LogP contribution in [0.1, 0.15) is 83.5 Å². The van der Waals surface area contributed by atoms with Gasteiger partial charge in [-0.05, 0) is 70.9 Å². The Kier molecular flexibility index (Phi) is 5.31. The summed E-state index contributed by atoms with van der Waals surface area (Å²) >= 11 is 0. The first-order valence-corrected chi connectivity index (χ1v) is 10.5. The molecule has 1 saturated heterocycles. The summed E-state index contributed by atoms with van der Waals surface area (Å²) in [7, 11) is 0. The van der Waals surface area contributed by atoms with Gasteiger partial charge in [-0.2, -0.15) is 0 Å². The minimum atomic E-state index is -0.0795. The SMILES string of the molecule is CC1(C)CCC[C@H](CC(=O)CCCc2nc3cccnc3n2C2CCC2)O1. The number of Topliss-reactive ketones (excluding diaryl/α,β-unsaturated/α-hetero) is 1. The van der Waals surface area contributed by atoms with Crippen LogP contribution in [0.5, 0.6) is 0 Å². The molecule has 146 valence electrons. The maximum atomic E-state index is 12.5. The van der Waals surface area contributed by atoms with Crippen LogP contribution in [0.15, 0.2) is 18.3 Å². The molecule has 5 heteroatoms. The average molecular weight is 370 g/mol. The van der Waals surface area contributed by atoms with E-state index in [0.29, 0.717) is 24.7 Å². The lowest BCUT2D eigenvalue weighted by Gasteiger charge is -2.35. The molecule has 1 atom stereocenters. The molecule has 5 nitrogen and oxygen atoms in total. The summed E-state index contributed by atoms with van der Waals surface area (Å²) < 4.78 is 8.41. The molecule has 27 heavy (non-hydrogen) atoms. The maximum absolute atomic E-state index is 12.5. The Bertz CT molecular complexity index is 807. The Balaban J connectivity index is 1.34. The third kappa shape index (κ3) is 4.23. The van der Waals surface area contributed by atoms with Gasteiger partial charge in [-0.1, -0.05) is 0 Å². The first-order valence-electron chi connectivity index (χ1n) is 10.5. The Morgan fingerprint density at radius 1 is 1.30 bits per heavy atom. The van der Waals surface area contributed by atoms with Crippen molar-refractivity contribution in [2.24, 2.45) is 0 Å². The fraction of sp³-hybridized carbons (Fsp3) is 0.682. The lowest BCUT2D eigenvalue weighted by atomic mass is 9.92. The molecule has 4 rings (SSSR count). The van der Waals surface area contributed by atoms with Crippen molar-refractivity contribution < 1.29 is 9.53 Å². The third-order valence-corrected chi connectivity index (χ3v) is 6.06. The zero-order valence-electron chi connectivity index (χ0n) is 16.6. The Hall–Kier alpha value is -1.75. The summed E-state index contributed by atoms with van der Waals surface area (Å²) in [5, 5.41) is 0. The lowest BCUT2D eigenvalue weighted by molar-refractivity contribution is -0.133. The standard InChI is InChI=1S/C22H31N3O2/c1-22(2)13-5-10-18(27-22)15-17(26)9-4-12-20-24-19-11-6-14-23-21(19)25(20)16-7-3-8-16/h6,11,14,16,18H,3-5,7-10,12-13,15H2,1-2H3/t18-/m1/s1. The molecule has 1 saturated carbocycles. The number of hydrogen-bond acceptors (Lipinski definition) is 4. The minimum absolute atomic E-state index is 0.0795. The number of ether oxygens (including phenoxy) is 1. The molecule has 2 aromatic heterocycles. The predicted molar refractivity (Wildman–Crippen MR) is 106 cm³/mol. The van der Waals surface area contributed by atoms with Gasteiger partial charge in [0.2, 0.25) is 0 Å². The second kappa shape index (κ2) is 7.70. The van der Waals surface area contributed by atoms with Crippen molar-refractivity contribution in [2.75, 3.05) is 0 Å². The van der Waals surface area contributed by atoms with Crippen molar-refractivity contribution in [2.45, 2.75) is 95.8 Å². The van der Waals surface area contributed by atoms with Crippen LogP contribution < -0.4 is 0 Å². The molecule has 0 radical (unpaired) electrons. The summed E-state index contributed by atoms with van der Waals surface area (Å²) in [4.78, 5) is 21.8. The average Bonchev–Trinajstić information content (AvgIpc) is 2.91. The number of ketones is 1. The molecular weight excluding hydrogens is 338 g/mol.